The summed E-state index contributed by atoms with van der Waals surface area (Å²) in [6.45, 7) is 3.27. The lowest BCUT2D eigenvalue weighted by atomic mass is 10.0. The number of para-hydroxylation sites is 1. The van der Waals surface area contributed by atoms with Gasteiger partial charge in [0.2, 0.25) is 0 Å². The number of hydrogen-bond acceptors (Lipinski definition) is 5. The minimum Gasteiger partial charge on any atom is -0.405 e. The van der Waals surface area contributed by atoms with Gasteiger partial charge >= 0.3 is 6.36 Å². The Bertz CT molecular complexity index is 817. The molecule has 2 fully saturated rings. The van der Waals surface area contributed by atoms with E-state index in [0.717, 1.165) is 43.6 Å². The van der Waals surface area contributed by atoms with Crippen LogP contribution < -0.4 is 10.1 Å². The highest BCUT2D eigenvalue weighted by Crippen LogP contribution is 2.45. The first-order valence-corrected chi connectivity index (χ1v) is 9.59. The molecule has 28 heavy (non-hydrogen) atoms. The zero-order valence-corrected chi connectivity index (χ0v) is 15.6. The Morgan fingerprint density at radius 1 is 1.21 bits per heavy atom. The molecule has 5 nitrogen and oxygen atoms in total. The van der Waals surface area contributed by atoms with E-state index in [0.29, 0.717) is 11.7 Å². The molecule has 1 aliphatic carbocycles. The lowest BCUT2D eigenvalue weighted by molar-refractivity contribution is -0.274. The van der Waals surface area contributed by atoms with Gasteiger partial charge < -0.3 is 19.3 Å². The van der Waals surface area contributed by atoms with Crippen LogP contribution in [0.2, 0.25) is 0 Å². The fourth-order valence-corrected chi connectivity index (χ4v) is 3.65. The van der Waals surface area contributed by atoms with Crippen molar-refractivity contribution in [1.82, 2.24) is 10.5 Å². The Labute approximate surface area is 161 Å². The molecule has 1 aromatic carbocycles. The van der Waals surface area contributed by atoms with Crippen LogP contribution in [-0.2, 0) is 11.3 Å². The second-order valence-corrected chi connectivity index (χ2v) is 7.50. The van der Waals surface area contributed by atoms with E-state index in [1.165, 1.54) is 12.1 Å². The number of piperidine rings is 1. The third kappa shape index (κ3) is 4.50. The van der Waals surface area contributed by atoms with Crippen LogP contribution in [0.3, 0.4) is 0 Å². The van der Waals surface area contributed by atoms with Crippen molar-refractivity contribution < 1.29 is 27.2 Å². The Kier molecular flexibility index (Phi) is 5.33. The van der Waals surface area contributed by atoms with E-state index in [1.807, 2.05) is 0 Å². The number of halogens is 3. The highest BCUT2D eigenvalue weighted by molar-refractivity contribution is 5.70. The highest BCUT2D eigenvalue weighted by atomic mass is 19.4. The van der Waals surface area contributed by atoms with Crippen molar-refractivity contribution in [3.63, 3.8) is 0 Å². The standard InChI is InChI=1S/C20H23F3N2O3/c1-12-10-14(8-9-24-12)26-11-16-18(25-28-19(16)13-6-7-13)15-4-2-3-5-17(15)27-20(21,22)23/h2-5,12-14,24H,6-11H2,1H3/t12-,14-/m1/s1. The van der Waals surface area contributed by atoms with Gasteiger partial charge in [0, 0.05) is 23.1 Å². The molecule has 2 heterocycles. The second-order valence-electron chi connectivity index (χ2n) is 7.50. The minimum atomic E-state index is -4.78. The van der Waals surface area contributed by atoms with E-state index in [1.54, 1.807) is 12.1 Å². The average molecular weight is 396 g/mol. The molecule has 1 aliphatic heterocycles. The van der Waals surface area contributed by atoms with Gasteiger partial charge in [-0.2, -0.15) is 0 Å². The van der Waals surface area contributed by atoms with E-state index in [9.17, 15) is 13.2 Å². The van der Waals surface area contributed by atoms with Gasteiger partial charge in [-0.15, -0.1) is 13.2 Å². The summed E-state index contributed by atoms with van der Waals surface area (Å²) >= 11 is 0. The van der Waals surface area contributed by atoms with E-state index < -0.39 is 6.36 Å². The molecule has 0 unspecified atom stereocenters. The number of benzene rings is 1. The summed E-state index contributed by atoms with van der Waals surface area (Å²) in [5.74, 6) is 0.698. The topological polar surface area (TPSA) is 56.5 Å². The number of ether oxygens (including phenoxy) is 2. The molecule has 1 saturated heterocycles. The van der Waals surface area contributed by atoms with Crippen molar-refractivity contribution in [3.8, 4) is 17.0 Å². The van der Waals surface area contributed by atoms with Gasteiger partial charge in [-0.3, -0.25) is 0 Å². The third-order valence-electron chi connectivity index (χ3n) is 5.17. The van der Waals surface area contributed by atoms with Crippen molar-refractivity contribution in [1.29, 1.82) is 0 Å². The molecule has 4 rings (SSSR count). The first-order valence-electron chi connectivity index (χ1n) is 9.59. The molecule has 2 aromatic rings. The van der Waals surface area contributed by atoms with Crippen LogP contribution in [0.1, 0.15) is 49.8 Å². The van der Waals surface area contributed by atoms with E-state index in [-0.39, 0.29) is 29.9 Å². The largest absolute Gasteiger partial charge is 0.573 e. The number of nitrogens with one attached hydrogen (secondary N) is 1. The number of hydrogen-bond donors (Lipinski definition) is 1. The Morgan fingerprint density at radius 3 is 2.71 bits per heavy atom. The Balaban J connectivity index is 1.61. The summed E-state index contributed by atoms with van der Waals surface area (Å²) in [5.41, 5.74) is 1.35. The van der Waals surface area contributed by atoms with E-state index in [4.69, 9.17) is 9.26 Å². The molecule has 2 atom stereocenters. The fourth-order valence-electron chi connectivity index (χ4n) is 3.65. The highest BCUT2D eigenvalue weighted by Gasteiger charge is 2.36. The third-order valence-corrected chi connectivity index (χ3v) is 5.17. The maximum absolute atomic E-state index is 12.8. The van der Waals surface area contributed by atoms with Gasteiger partial charge in [0.05, 0.1) is 12.7 Å². The summed E-state index contributed by atoms with van der Waals surface area (Å²) < 4.78 is 54.3. The maximum Gasteiger partial charge on any atom is 0.573 e. The van der Waals surface area contributed by atoms with Gasteiger partial charge in [0.1, 0.15) is 17.2 Å². The van der Waals surface area contributed by atoms with Gasteiger partial charge in [0.25, 0.3) is 0 Å². The van der Waals surface area contributed by atoms with Crippen molar-refractivity contribution >= 4 is 0 Å². The lowest BCUT2D eigenvalue weighted by Gasteiger charge is -2.28. The predicted molar refractivity (Wildman–Crippen MR) is 95.9 cm³/mol. The van der Waals surface area contributed by atoms with Crippen LogP contribution >= 0.6 is 0 Å². The number of rotatable bonds is 6. The summed E-state index contributed by atoms with van der Waals surface area (Å²) in [6, 6.07) is 6.38. The van der Waals surface area contributed by atoms with Crippen LogP contribution in [0.25, 0.3) is 11.3 Å². The van der Waals surface area contributed by atoms with Crippen LogP contribution in [-0.4, -0.2) is 30.2 Å². The van der Waals surface area contributed by atoms with Gasteiger partial charge in [-0.25, -0.2) is 0 Å². The van der Waals surface area contributed by atoms with Crippen LogP contribution in [0.4, 0.5) is 13.2 Å². The minimum absolute atomic E-state index is 0.104. The van der Waals surface area contributed by atoms with Crippen LogP contribution in [0.5, 0.6) is 5.75 Å². The van der Waals surface area contributed by atoms with Crippen LogP contribution in [0, 0.1) is 0 Å². The van der Waals surface area contributed by atoms with Crippen LogP contribution in [0.15, 0.2) is 28.8 Å². The van der Waals surface area contributed by atoms with Gasteiger partial charge in [-0.05, 0) is 51.3 Å². The molecular formula is C20H23F3N2O3. The quantitative estimate of drug-likeness (QED) is 0.762. The zero-order valence-electron chi connectivity index (χ0n) is 15.6. The second kappa shape index (κ2) is 7.75. The molecular weight excluding hydrogens is 373 g/mol. The lowest BCUT2D eigenvalue weighted by Crippen LogP contribution is -2.39. The van der Waals surface area contributed by atoms with Gasteiger partial charge in [0.15, 0.2) is 0 Å². The fraction of sp³-hybridized carbons (Fsp3) is 0.550. The smallest absolute Gasteiger partial charge is 0.405 e. The SMILES string of the molecule is C[C@@H]1C[C@H](OCc2c(-c3ccccc3OC(F)(F)F)noc2C2CC2)CCN1. The summed E-state index contributed by atoms with van der Waals surface area (Å²) in [6.07, 6.45) is -0.891. The summed E-state index contributed by atoms with van der Waals surface area (Å²) in [5, 5.41) is 7.48. The summed E-state index contributed by atoms with van der Waals surface area (Å²) in [4.78, 5) is 0. The number of nitrogens with zero attached hydrogens (tertiary/aromatic N) is 1. The van der Waals surface area contributed by atoms with Crippen molar-refractivity contribution in [2.24, 2.45) is 0 Å². The van der Waals surface area contributed by atoms with E-state index >= 15 is 0 Å². The molecule has 1 aromatic heterocycles. The Hall–Kier alpha value is -2.06. The molecule has 0 radical (unpaired) electrons. The van der Waals surface area contributed by atoms with Crippen molar-refractivity contribution in [2.75, 3.05) is 6.54 Å². The molecule has 8 heteroatoms. The maximum atomic E-state index is 12.8. The molecule has 0 amide bonds. The van der Waals surface area contributed by atoms with E-state index in [2.05, 4.69) is 22.1 Å². The normalized spacial score (nSPS) is 23.0. The first-order chi connectivity index (χ1) is 13.4. The summed E-state index contributed by atoms with van der Waals surface area (Å²) in [7, 11) is 0. The first kappa shape index (κ1) is 19.3. The number of aromatic nitrogens is 1. The molecule has 1 saturated carbocycles. The average Bonchev–Trinajstić information content (AvgIpc) is 3.39. The molecule has 0 spiro atoms. The molecule has 2 aliphatic rings. The molecule has 0 bridgehead atoms. The van der Waals surface area contributed by atoms with Crippen molar-refractivity contribution in [3.05, 3.63) is 35.6 Å². The number of alkyl halides is 3. The molecule has 1 N–H and O–H groups in total. The Morgan fingerprint density at radius 2 is 2.00 bits per heavy atom. The van der Waals surface area contributed by atoms with Gasteiger partial charge in [-0.1, -0.05) is 17.3 Å². The zero-order chi connectivity index (χ0) is 19.7. The monoisotopic (exact) mass is 396 g/mol. The predicted octanol–water partition coefficient (Wildman–Crippen LogP) is 4.77. The van der Waals surface area contributed by atoms with Crippen molar-refractivity contribution in [2.45, 2.75) is 63.6 Å². The molecule has 152 valence electrons.